The van der Waals surface area contributed by atoms with Crippen molar-refractivity contribution in [2.75, 3.05) is 39.3 Å². The van der Waals surface area contributed by atoms with Gasteiger partial charge in [-0.2, -0.15) is 0 Å². The molecule has 17 heavy (non-hydrogen) atoms. The van der Waals surface area contributed by atoms with Gasteiger partial charge < -0.3 is 16.0 Å². The van der Waals surface area contributed by atoms with Gasteiger partial charge in [-0.15, -0.1) is 0 Å². The minimum absolute atomic E-state index is 0.732. The third kappa shape index (κ3) is 4.23. The van der Waals surface area contributed by atoms with Crippen molar-refractivity contribution >= 4 is 0 Å². The van der Waals surface area contributed by atoms with Gasteiger partial charge in [0.05, 0.1) is 0 Å². The van der Waals surface area contributed by atoms with E-state index in [-0.39, 0.29) is 0 Å². The third-order valence-electron chi connectivity index (χ3n) is 4.54. The van der Waals surface area contributed by atoms with Crippen LogP contribution in [0, 0.1) is 11.8 Å². The van der Waals surface area contributed by atoms with Crippen molar-refractivity contribution in [3.8, 4) is 0 Å². The summed E-state index contributed by atoms with van der Waals surface area (Å²) >= 11 is 0. The molecule has 2 heterocycles. The number of hydrogen-bond acceptors (Lipinski definition) is 3. The summed E-state index contributed by atoms with van der Waals surface area (Å²) in [6, 6.07) is 0. The van der Waals surface area contributed by atoms with Crippen molar-refractivity contribution in [1.82, 2.24) is 10.2 Å². The normalized spacial score (nSPS) is 26.6. The lowest BCUT2D eigenvalue weighted by atomic mass is 9.84. The summed E-state index contributed by atoms with van der Waals surface area (Å²) in [5, 5.41) is 3.45. The molecule has 2 rings (SSSR count). The van der Waals surface area contributed by atoms with E-state index in [1.165, 1.54) is 71.2 Å². The molecule has 1 atom stereocenters. The zero-order valence-corrected chi connectivity index (χ0v) is 11.2. The third-order valence-corrected chi connectivity index (χ3v) is 4.54. The average molecular weight is 239 g/mol. The summed E-state index contributed by atoms with van der Waals surface area (Å²) < 4.78 is 0. The molecule has 0 radical (unpaired) electrons. The molecule has 2 aliphatic heterocycles. The molecule has 0 aromatic rings. The number of nitrogens with one attached hydrogen (secondary N) is 1. The van der Waals surface area contributed by atoms with Gasteiger partial charge in [0.1, 0.15) is 0 Å². The van der Waals surface area contributed by atoms with Gasteiger partial charge in [0, 0.05) is 6.54 Å². The van der Waals surface area contributed by atoms with E-state index in [1.807, 2.05) is 0 Å². The van der Waals surface area contributed by atoms with Crippen LogP contribution in [0.15, 0.2) is 0 Å². The number of likely N-dealkylation sites (tertiary alicyclic amines) is 1. The van der Waals surface area contributed by atoms with E-state index in [0.717, 1.165) is 18.4 Å². The first kappa shape index (κ1) is 13.3. The van der Waals surface area contributed by atoms with Crippen molar-refractivity contribution in [3.05, 3.63) is 0 Å². The molecule has 3 heteroatoms. The molecular weight excluding hydrogens is 210 g/mol. The van der Waals surface area contributed by atoms with Crippen LogP contribution < -0.4 is 11.1 Å². The van der Waals surface area contributed by atoms with Crippen LogP contribution in [0.2, 0.25) is 0 Å². The lowest BCUT2D eigenvalue weighted by molar-refractivity contribution is 0.175. The first-order valence-corrected chi connectivity index (χ1v) is 7.53. The average Bonchev–Trinajstić information content (AvgIpc) is 2.65. The summed E-state index contributed by atoms with van der Waals surface area (Å²) in [5.74, 6) is 1.60. The molecule has 0 amide bonds. The zero-order valence-electron chi connectivity index (χ0n) is 11.2. The fourth-order valence-corrected chi connectivity index (χ4v) is 3.38. The predicted octanol–water partition coefficient (Wildman–Crippen LogP) is 1.44. The Balaban J connectivity index is 1.80. The lowest BCUT2D eigenvalue weighted by Crippen LogP contribution is -2.41. The summed E-state index contributed by atoms with van der Waals surface area (Å²) in [6.07, 6.45) is 8.30. The van der Waals surface area contributed by atoms with E-state index in [2.05, 4.69) is 10.2 Å². The van der Waals surface area contributed by atoms with Gasteiger partial charge in [0.15, 0.2) is 0 Å². The Morgan fingerprint density at radius 3 is 2.29 bits per heavy atom. The number of piperidine rings is 1. The van der Waals surface area contributed by atoms with Crippen molar-refractivity contribution in [1.29, 1.82) is 0 Å². The van der Waals surface area contributed by atoms with Crippen LogP contribution in [-0.4, -0.2) is 44.2 Å². The fourth-order valence-electron chi connectivity index (χ4n) is 3.38. The van der Waals surface area contributed by atoms with E-state index in [9.17, 15) is 0 Å². The Hall–Kier alpha value is -0.120. The molecule has 3 N–H and O–H groups in total. The van der Waals surface area contributed by atoms with Crippen LogP contribution in [0.5, 0.6) is 0 Å². The highest BCUT2D eigenvalue weighted by atomic mass is 15.1. The fraction of sp³-hybridized carbons (Fsp3) is 1.00. The summed E-state index contributed by atoms with van der Waals surface area (Å²) in [5.41, 5.74) is 6.01. The SMILES string of the molecule is NCC(CN1CCCCCC1)C1CCNCC1. The van der Waals surface area contributed by atoms with Crippen molar-refractivity contribution in [2.45, 2.75) is 38.5 Å². The van der Waals surface area contributed by atoms with Gasteiger partial charge in [-0.05, 0) is 70.2 Å². The van der Waals surface area contributed by atoms with E-state index in [0.29, 0.717) is 0 Å². The predicted molar refractivity (Wildman–Crippen MR) is 73.0 cm³/mol. The molecule has 3 nitrogen and oxygen atoms in total. The molecule has 0 bridgehead atoms. The number of nitrogens with zero attached hydrogens (tertiary/aromatic N) is 1. The Kier molecular flexibility index (Phi) is 5.75. The molecule has 2 fully saturated rings. The molecule has 0 spiro atoms. The van der Waals surface area contributed by atoms with Gasteiger partial charge in [0.2, 0.25) is 0 Å². The summed E-state index contributed by atoms with van der Waals surface area (Å²) in [7, 11) is 0. The molecule has 1 unspecified atom stereocenters. The van der Waals surface area contributed by atoms with Crippen molar-refractivity contribution < 1.29 is 0 Å². The largest absolute Gasteiger partial charge is 0.330 e. The van der Waals surface area contributed by atoms with E-state index < -0.39 is 0 Å². The van der Waals surface area contributed by atoms with Crippen molar-refractivity contribution in [3.63, 3.8) is 0 Å². The zero-order chi connectivity index (χ0) is 11.9. The number of rotatable bonds is 4. The number of hydrogen-bond donors (Lipinski definition) is 2. The second-order valence-electron chi connectivity index (χ2n) is 5.80. The van der Waals surface area contributed by atoms with Gasteiger partial charge >= 0.3 is 0 Å². The highest BCUT2D eigenvalue weighted by Gasteiger charge is 2.24. The Labute approximate surface area is 106 Å². The van der Waals surface area contributed by atoms with Gasteiger partial charge in [-0.3, -0.25) is 0 Å². The highest BCUT2D eigenvalue weighted by Crippen LogP contribution is 2.23. The van der Waals surface area contributed by atoms with E-state index in [4.69, 9.17) is 5.73 Å². The van der Waals surface area contributed by atoms with Crippen LogP contribution in [0.25, 0.3) is 0 Å². The molecule has 0 saturated carbocycles. The molecule has 2 aliphatic rings. The standard InChI is InChI=1S/C14H29N3/c15-11-14(13-5-7-16-8-6-13)12-17-9-3-1-2-4-10-17/h13-14,16H,1-12,15H2. The molecular formula is C14H29N3. The van der Waals surface area contributed by atoms with Crippen LogP contribution >= 0.6 is 0 Å². The Morgan fingerprint density at radius 2 is 1.71 bits per heavy atom. The highest BCUT2D eigenvalue weighted by molar-refractivity contribution is 4.79. The first-order chi connectivity index (χ1) is 8.40. The summed E-state index contributed by atoms with van der Waals surface area (Å²) in [6.45, 7) is 7.13. The van der Waals surface area contributed by atoms with Crippen LogP contribution in [0.4, 0.5) is 0 Å². The van der Waals surface area contributed by atoms with E-state index in [1.54, 1.807) is 0 Å². The van der Waals surface area contributed by atoms with Crippen LogP contribution in [0.1, 0.15) is 38.5 Å². The first-order valence-electron chi connectivity index (χ1n) is 7.53. The minimum atomic E-state index is 0.732. The Bertz CT molecular complexity index is 194. The molecule has 0 aliphatic carbocycles. The van der Waals surface area contributed by atoms with Gasteiger partial charge in [-0.1, -0.05) is 12.8 Å². The smallest absolute Gasteiger partial charge is 0.00244 e. The van der Waals surface area contributed by atoms with Crippen molar-refractivity contribution in [2.24, 2.45) is 17.6 Å². The monoisotopic (exact) mass is 239 g/mol. The summed E-state index contributed by atoms with van der Waals surface area (Å²) in [4.78, 5) is 2.67. The lowest BCUT2D eigenvalue weighted by Gasteiger charge is -2.33. The molecule has 0 aromatic heterocycles. The molecule has 2 saturated heterocycles. The maximum Gasteiger partial charge on any atom is 0.00244 e. The second kappa shape index (κ2) is 7.34. The Morgan fingerprint density at radius 1 is 1.06 bits per heavy atom. The maximum absolute atomic E-state index is 6.01. The van der Waals surface area contributed by atoms with E-state index >= 15 is 0 Å². The van der Waals surface area contributed by atoms with Crippen LogP contribution in [0.3, 0.4) is 0 Å². The maximum atomic E-state index is 6.01. The van der Waals surface area contributed by atoms with Gasteiger partial charge in [0.25, 0.3) is 0 Å². The number of nitrogens with two attached hydrogens (primary N) is 1. The minimum Gasteiger partial charge on any atom is -0.330 e. The van der Waals surface area contributed by atoms with Crippen LogP contribution in [-0.2, 0) is 0 Å². The molecule has 100 valence electrons. The topological polar surface area (TPSA) is 41.3 Å². The quantitative estimate of drug-likeness (QED) is 0.780. The van der Waals surface area contributed by atoms with Gasteiger partial charge in [-0.25, -0.2) is 0 Å². The second-order valence-corrected chi connectivity index (χ2v) is 5.80. The molecule has 0 aromatic carbocycles.